The summed E-state index contributed by atoms with van der Waals surface area (Å²) < 4.78 is 10.4. The summed E-state index contributed by atoms with van der Waals surface area (Å²) in [5.41, 5.74) is 1.14. The van der Waals surface area contributed by atoms with Gasteiger partial charge in [0.15, 0.2) is 0 Å². The Kier molecular flexibility index (Phi) is 3.45. The first-order valence-corrected chi connectivity index (χ1v) is 5.34. The van der Waals surface area contributed by atoms with E-state index in [-0.39, 0.29) is 0 Å². The molecule has 0 radical (unpaired) electrons. The lowest BCUT2D eigenvalue weighted by molar-refractivity contribution is 0.187. The van der Waals surface area contributed by atoms with Crippen molar-refractivity contribution in [1.82, 2.24) is 0 Å². The Morgan fingerprint density at radius 2 is 2.20 bits per heavy atom. The Morgan fingerprint density at radius 1 is 1.40 bits per heavy atom. The number of hydrogen-bond acceptors (Lipinski definition) is 3. The van der Waals surface area contributed by atoms with Gasteiger partial charge in [0.25, 0.3) is 0 Å². The number of methoxy groups -OCH3 is 1. The lowest BCUT2D eigenvalue weighted by atomic mass is 10.1. The van der Waals surface area contributed by atoms with Crippen LogP contribution in [0.25, 0.3) is 0 Å². The Balaban J connectivity index is 1.82. The first-order chi connectivity index (χ1) is 7.38. The smallest absolute Gasteiger partial charge is 0.119 e. The number of ether oxygens (including phenoxy) is 2. The molecule has 3 nitrogen and oxygen atoms in total. The van der Waals surface area contributed by atoms with Crippen LogP contribution in [0.2, 0.25) is 0 Å². The van der Waals surface area contributed by atoms with Gasteiger partial charge in [-0.15, -0.1) is 0 Å². The average Bonchev–Trinajstić information content (AvgIpc) is 2.80. The predicted molar refractivity (Wildman–Crippen MR) is 60.4 cm³/mol. The fourth-order valence-electron chi connectivity index (χ4n) is 1.72. The molecule has 1 aliphatic heterocycles. The van der Waals surface area contributed by atoms with Crippen LogP contribution in [0.5, 0.6) is 5.75 Å². The highest BCUT2D eigenvalue weighted by Crippen LogP contribution is 2.17. The van der Waals surface area contributed by atoms with E-state index in [4.69, 9.17) is 9.47 Å². The molecule has 1 aliphatic rings. The van der Waals surface area contributed by atoms with Gasteiger partial charge in [-0.1, -0.05) is 0 Å². The summed E-state index contributed by atoms with van der Waals surface area (Å²) in [7, 11) is 1.68. The topological polar surface area (TPSA) is 30.5 Å². The zero-order valence-electron chi connectivity index (χ0n) is 9.03. The quantitative estimate of drug-likeness (QED) is 0.820. The van der Waals surface area contributed by atoms with Crippen LogP contribution in [0.1, 0.15) is 6.42 Å². The van der Waals surface area contributed by atoms with Crippen LogP contribution in [0.4, 0.5) is 5.69 Å². The van der Waals surface area contributed by atoms with Crippen molar-refractivity contribution in [3.8, 4) is 5.75 Å². The molecule has 0 aliphatic carbocycles. The molecule has 1 N–H and O–H groups in total. The van der Waals surface area contributed by atoms with Crippen molar-refractivity contribution in [3.05, 3.63) is 24.3 Å². The van der Waals surface area contributed by atoms with Crippen molar-refractivity contribution >= 4 is 5.69 Å². The number of nitrogens with one attached hydrogen (secondary N) is 1. The zero-order chi connectivity index (χ0) is 10.5. The molecule has 1 saturated heterocycles. The summed E-state index contributed by atoms with van der Waals surface area (Å²) >= 11 is 0. The number of hydrogen-bond donors (Lipinski definition) is 1. The van der Waals surface area contributed by atoms with Gasteiger partial charge in [0.05, 0.1) is 13.7 Å². The molecule has 3 heteroatoms. The molecule has 0 bridgehead atoms. The van der Waals surface area contributed by atoms with Crippen LogP contribution in [0.15, 0.2) is 24.3 Å². The molecule has 15 heavy (non-hydrogen) atoms. The molecule has 0 aromatic heterocycles. The zero-order valence-corrected chi connectivity index (χ0v) is 9.03. The maximum atomic E-state index is 5.32. The molecule has 0 spiro atoms. The highest BCUT2D eigenvalue weighted by atomic mass is 16.5. The van der Waals surface area contributed by atoms with E-state index < -0.39 is 0 Å². The summed E-state index contributed by atoms with van der Waals surface area (Å²) in [6.45, 7) is 2.80. The average molecular weight is 207 g/mol. The minimum absolute atomic E-state index is 0.659. The van der Waals surface area contributed by atoms with E-state index in [1.807, 2.05) is 24.3 Å². The molecule has 1 atom stereocenters. The van der Waals surface area contributed by atoms with Gasteiger partial charge < -0.3 is 14.8 Å². The van der Waals surface area contributed by atoms with Gasteiger partial charge in [0.1, 0.15) is 5.75 Å². The van der Waals surface area contributed by atoms with E-state index in [1.165, 1.54) is 6.42 Å². The molecular weight excluding hydrogens is 190 g/mol. The second-order valence-corrected chi connectivity index (χ2v) is 3.84. The summed E-state index contributed by atoms with van der Waals surface area (Å²) in [6, 6.07) is 8.00. The molecule has 1 aromatic carbocycles. The molecular formula is C12H17NO2. The van der Waals surface area contributed by atoms with E-state index in [0.717, 1.165) is 31.2 Å². The lowest BCUT2D eigenvalue weighted by Crippen LogP contribution is -2.13. The molecule has 0 amide bonds. The molecule has 0 saturated carbocycles. The maximum Gasteiger partial charge on any atom is 0.119 e. The van der Waals surface area contributed by atoms with Crippen molar-refractivity contribution in [3.63, 3.8) is 0 Å². The number of anilines is 1. The first kappa shape index (κ1) is 10.3. The minimum atomic E-state index is 0.659. The molecule has 2 rings (SSSR count). The van der Waals surface area contributed by atoms with Crippen molar-refractivity contribution in [2.24, 2.45) is 5.92 Å². The Bertz CT molecular complexity index is 291. The van der Waals surface area contributed by atoms with Crippen molar-refractivity contribution in [2.75, 3.05) is 32.2 Å². The van der Waals surface area contributed by atoms with Crippen LogP contribution in [0.3, 0.4) is 0 Å². The van der Waals surface area contributed by atoms with E-state index in [9.17, 15) is 0 Å². The standard InChI is InChI=1S/C12H17NO2/c1-14-12-4-2-11(3-5-12)13-8-10-6-7-15-9-10/h2-5,10,13H,6-9H2,1H3/t10-/m1/s1. The van der Waals surface area contributed by atoms with E-state index in [1.54, 1.807) is 7.11 Å². The van der Waals surface area contributed by atoms with E-state index in [0.29, 0.717) is 5.92 Å². The van der Waals surface area contributed by atoms with Gasteiger partial charge in [-0.3, -0.25) is 0 Å². The molecule has 1 fully saturated rings. The van der Waals surface area contributed by atoms with Gasteiger partial charge in [-0.2, -0.15) is 0 Å². The van der Waals surface area contributed by atoms with Crippen molar-refractivity contribution < 1.29 is 9.47 Å². The third kappa shape index (κ3) is 2.86. The van der Waals surface area contributed by atoms with Crippen molar-refractivity contribution in [1.29, 1.82) is 0 Å². The highest BCUT2D eigenvalue weighted by molar-refractivity contribution is 5.46. The van der Waals surface area contributed by atoms with E-state index >= 15 is 0 Å². The summed E-state index contributed by atoms with van der Waals surface area (Å²) in [4.78, 5) is 0. The summed E-state index contributed by atoms with van der Waals surface area (Å²) in [5.74, 6) is 1.55. The van der Waals surface area contributed by atoms with Crippen LogP contribution >= 0.6 is 0 Å². The lowest BCUT2D eigenvalue weighted by Gasteiger charge is -2.10. The normalized spacial score (nSPS) is 20.2. The number of benzene rings is 1. The van der Waals surface area contributed by atoms with Gasteiger partial charge in [0.2, 0.25) is 0 Å². The van der Waals surface area contributed by atoms with Gasteiger partial charge in [-0.05, 0) is 30.7 Å². The van der Waals surface area contributed by atoms with Crippen molar-refractivity contribution in [2.45, 2.75) is 6.42 Å². The molecule has 1 heterocycles. The second kappa shape index (κ2) is 5.03. The number of rotatable bonds is 4. The predicted octanol–water partition coefficient (Wildman–Crippen LogP) is 2.14. The third-order valence-corrected chi connectivity index (χ3v) is 2.71. The van der Waals surface area contributed by atoms with Crippen LogP contribution < -0.4 is 10.1 Å². The Labute approximate surface area is 90.4 Å². The van der Waals surface area contributed by atoms with Crippen LogP contribution in [0, 0.1) is 5.92 Å². The largest absolute Gasteiger partial charge is 0.497 e. The van der Waals surface area contributed by atoms with Gasteiger partial charge in [-0.25, -0.2) is 0 Å². The van der Waals surface area contributed by atoms with E-state index in [2.05, 4.69) is 5.32 Å². The molecule has 1 aromatic rings. The summed E-state index contributed by atoms with van der Waals surface area (Å²) in [6.07, 6.45) is 1.17. The Hall–Kier alpha value is -1.22. The second-order valence-electron chi connectivity index (χ2n) is 3.84. The fourth-order valence-corrected chi connectivity index (χ4v) is 1.72. The fraction of sp³-hybridized carbons (Fsp3) is 0.500. The maximum absolute atomic E-state index is 5.32. The highest BCUT2D eigenvalue weighted by Gasteiger charge is 2.14. The molecule has 0 unspecified atom stereocenters. The van der Waals surface area contributed by atoms with Crippen LogP contribution in [-0.4, -0.2) is 26.9 Å². The summed E-state index contributed by atoms with van der Waals surface area (Å²) in [5, 5.41) is 3.40. The SMILES string of the molecule is COc1ccc(NC[C@H]2CCOC2)cc1. The minimum Gasteiger partial charge on any atom is -0.497 e. The first-order valence-electron chi connectivity index (χ1n) is 5.34. The monoisotopic (exact) mass is 207 g/mol. The van der Waals surface area contributed by atoms with Gasteiger partial charge in [0, 0.05) is 24.8 Å². The molecule has 82 valence electrons. The van der Waals surface area contributed by atoms with Crippen LogP contribution in [-0.2, 0) is 4.74 Å². The van der Waals surface area contributed by atoms with Gasteiger partial charge >= 0.3 is 0 Å². The third-order valence-electron chi connectivity index (χ3n) is 2.71. The Morgan fingerprint density at radius 3 is 2.80 bits per heavy atom.